The number of methoxy groups -OCH3 is 1. The van der Waals surface area contributed by atoms with Crippen LogP contribution in [0.3, 0.4) is 0 Å². The van der Waals surface area contributed by atoms with Crippen molar-refractivity contribution in [3.05, 3.63) is 39.1 Å². The van der Waals surface area contributed by atoms with Crippen LogP contribution in [0, 0.1) is 11.7 Å². The number of hydrogen-bond donors (Lipinski definition) is 1. The molecule has 4 nitrogen and oxygen atoms in total. The molecule has 3 rings (SSSR count). The van der Waals surface area contributed by atoms with Gasteiger partial charge in [0.1, 0.15) is 11.3 Å². The fourth-order valence-corrected chi connectivity index (χ4v) is 3.23. The number of fused-ring (bicyclic) bond motifs is 1. The van der Waals surface area contributed by atoms with Crippen molar-refractivity contribution < 1.29 is 4.74 Å². The average molecular weight is 305 g/mol. The van der Waals surface area contributed by atoms with E-state index in [4.69, 9.17) is 17.0 Å². The summed E-state index contributed by atoms with van der Waals surface area (Å²) >= 11 is 7.10. The maximum absolute atomic E-state index is 5.42. The first-order chi connectivity index (χ1) is 9.69. The predicted octanol–water partition coefficient (Wildman–Crippen LogP) is 3.72. The molecule has 2 aromatic heterocycles. The number of imidazole rings is 1. The molecule has 0 saturated heterocycles. The highest BCUT2D eigenvalue weighted by Gasteiger charge is 2.09. The van der Waals surface area contributed by atoms with Crippen LogP contribution >= 0.6 is 23.6 Å². The van der Waals surface area contributed by atoms with E-state index in [1.807, 2.05) is 19.1 Å². The van der Waals surface area contributed by atoms with Crippen LogP contribution in [-0.2, 0) is 13.0 Å². The van der Waals surface area contributed by atoms with E-state index < -0.39 is 0 Å². The highest BCUT2D eigenvalue weighted by molar-refractivity contribution is 7.71. The van der Waals surface area contributed by atoms with E-state index in [0.29, 0.717) is 0 Å². The molecule has 0 aliphatic carbocycles. The summed E-state index contributed by atoms with van der Waals surface area (Å²) in [6.07, 6.45) is 0.878. The first kappa shape index (κ1) is 13.3. The lowest BCUT2D eigenvalue weighted by Crippen LogP contribution is -2.01. The number of rotatable bonds is 4. The predicted molar refractivity (Wildman–Crippen MR) is 84.2 cm³/mol. The second kappa shape index (κ2) is 5.38. The van der Waals surface area contributed by atoms with E-state index in [1.165, 1.54) is 0 Å². The zero-order valence-corrected chi connectivity index (χ0v) is 13.0. The number of nitrogens with zero attached hydrogens (tertiary/aromatic N) is 2. The Labute approximate surface area is 126 Å². The number of H-pyrrole nitrogens is 1. The molecule has 0 saturated carbocycles. The summed E-state index contributed by atoms with van der Waals surface area (Å²) < 4.78 is 8.18. The molecule has 0 amide bonds. The number of nitrogens with one attached hydrogen (secondary N) is 1. The number of aryl methyl sites for hydroxylation is 3. The van der Waals surface area contributed by atoms with Crippen LogP contribution in [0.5, 0.6) is 5.75 Å². The van der Waals surface area contributed by atoms with Gasteiger partial charge in [0.15, 0.2) is 4.77 Å². The zero-order chi connectivity index (χ0) is 14.1. The summed E-state index contributed by atoms with van der Waals surface area (Å²) in [6, 6.07) is 5.96. The van der Waals surface area contributed by atoms with Crippen molar-refractivity contribution in [2.24, 2.45) is 0 Å². The third kappa shape index (κ3) is 2.36. The Hall–Kier alpha value is -1.66. The Kier molecular flexibility index (Phi) is 3.58. The second-order valence-corrected chi connectivity index (χ2v) is 5.99. The quantitative estimate of drug-likeness (QED) is 0.747. The lowest BCUT2D eigenvalue weighted by Gasteiger charge is -2.04. The number of aromatic nitrogens is 3. The summed E-state index contributed by atoms with van der Waals surface area (Å²) in [5.74, 6) is 0.817. The van der Waals surface area contributed by atoms with Crippen LogP contribution in [0.25, 0.3) is 11.0 Å². The molecule has 1 aromatic carbocycles. The molecule has 1 N–H and O–H groups in total. The fraction of sp³-hybridized carbons (Fsp3) is 0.286. The number of hydrogen-bond acceptors (Lipinski definition) is 4. The van der Waals surface area contributed by atoms with E-state index in [-0.39, 0.29) is 0 Å². The van der Waals surface area contributed by atoms with Gasteiger partial charge in [0.2, 0.25) is 0 Å². The van der Waals surface area contributed by atoms with Gasteiger partial charge in [0.25, 0.3) is 0 Å². The van der Waals surface area contributed by atoms with Gasteiger partial charge in [0.05, 0.1) is 23.3 Å². The first-order valence-corrected chi connectivity index (χ1v) is 7.64. The topological polar surface area (TPSA) is 42.8 Å². The fourth-order valence-electron chi connectivity index (χ4n) is 2.30. The van der Waals surface area contributed by atoms with Gasteiger partial charge in [-0.25, -0.2) is 4.98 Å². The van der Waals surface area contributed by atoms with Crippen LogP contribution in [0.1, 0.15) is 10.7 Å². The SMILES string of the molecule is COc1cccc2c1[nH]c(=S)n2CCc1csc(C)n1. The van der Waals surface area contributed by atoms with E-state index in [9.17, 15) is 0 Å². The summed E-state index contributed by atoms with van der Waals surface area (Å²) in [6.45, 7) is 2.84. The van der Waals surface area contributed by atoms with Crippen LogP contribution in [0.2, 0.25) is 0 Å². The summed E-state index contributed by atoms with van der Waals surface area (Å²) in [5.41, 5.74) is 3.14. The maximum atomic E-state index is 5.42. The summed E-state index contributed by atoms with van der Waals surface area (Å²) in [4.78, 5) is 7.71. The van der Waals surface area contributed by atoms with Gasteiger partial charge in [-0.1, -0.05) is 6.07 Å². The number of benzene rings is 1. The minimum Gasteiger partial charge on any atom is -0.494 e. The normalized spacial score (nSPS) is 11.1. The monoisotopic (exact) mass is 305 g/mol. The van der Waals surface area contributed by atoms with Gasteiger partial charge in [0, 0.05) is 18.3 Å². The third-order valence-electron chi connectivity index (χ3n) is 3.25. The average Bonchev–Trinajstić information content (AvgIpc) is 2.99. The van der Waals surface area contributed by atoms with Gasteiger partial charge in [-0.3, -0.25) is 0 Å². The van der Waals surface area contributed by atoms with Crippen LogP contribution < -0.4 is 4.74 Å². The van der Waals surface area contributed by atoms with Crippen molar-refractivity contribution in [3.63, 3.8) is 0 Å². The van der Waals surface area contributed by atoms with E-state index >= 15 is 0 Å². The molecule has 0 atom stereocenters. The van der Waals surface area contributed by atoms with Gasteiger partial charge in [-0.05, 0) is 31.3 Å². The lowest BCUT2D eigenvalue weighted by atomic mass is 10.3. The Morgan fingerprint density at radius 1 is 1.45 bits per heavy atom. The van der Waals surface area contributed by atoms with Crippen LogP contribution in [0.4, 0.5) is 0 Å². The Bertz CT molecular complexity index is 800. The molecule has 0 fully saturated rings. The minimum atomic E-state index is 0.719. The Morgan fingerprint density at radius 3 is 3.00 bits per heavy atom. The van der Waals surface area contributed by atoms with E-state index in [1.54, 1.807) is 18.4 Å². The Morgan fingerprint density at radius 2 is 2.30 bits per heavy atom. The van der Waals surface area contributed by atoms with Crippen molar-refractivity contribution in [2.75, 3.05) is 7.11 Å². The summed E-state index contributed by atoms with van der Waals surface area (Å²) in [7, 11) is 1.67. The van der Waals surface area contributed by atoms with Gasteiger partial charge in [-0.2, -0.15) is 0 Å². The lowest BCUT2D eigenvalue weighted by molar-refractivity contribution is 0.419. The van der Waals surface area contributed by atoms with Crippen molar-refractivity contribution in [3.8, 4) is 5.75 Å². The van der Waals surface area contributed by atoms with Crippen LogP contribution in [0.15, 0.2) is 23.6 Å². The van der Waals surface area contributed by atoms with E-state index in [2.05, 4.69) is 26.0 Å². The number of para-hydroxylation sites is 1. The molecule has 6 heteroatoms. The molecule has 0 aliphatic heterocycles. The maximum Gasteiger partial charge on any atom is 0.178 e. The molecular weight excluding hydrogens is 290 g/mol. The largest absolute Gasteiger partial charge is 0.494 e. The molecule has 0 bridgehead atoms. The highest BCUT2D eigenvalue weighted by atomic mass is 32.1. The smallest absolute Gasteiger partial charge is 0.178 e. The molecule has 2 heterocycles. The molecule has 0 spiro atoms. The number of aromatic amines is 1. The molecule has 0 unspecified atom stereocenters. The molecule has 3 aromatic rings. The first-order valence-electron chi connectivity index (χ1n) is 6.35. The van der Waals surface area contributed by atoms with Gasteiger partial charge < -0.3 is 14.3 Å². The van der Waals surface area contributed by atoms with Crippen molar-refractivity contribution in [1.82, 2.24) is 14.5 Å². The summed E-state index contributed by atoms with van der Waals surface area (Å²) in [5, 5.41) is 3.21. The standard InChI is InChI=1S/C14H15N3OS2/c1-9-15-10(8-20-9)6-7-17-11-4-3-5-12(18-2)13(11)16-14(17)19/h3-5,8H,6-7H2,1-2H3,(H,16,19). The van der Waals surface area contributed by atoms with Gasteiger partial charge in [-0.15, -0.1) is 11.3 Å². The molecule has 104 valence electrons. The zero-order valence-electron chi connectivity index (χ0n) is 11.3. The van der Waals surface area contributed by atoms with Gasteiger partial charge >= 0.3 is 0 Å². The molecule has 0 aliphatic rings. The van der Waals surface area contributed by atoms with Crippen molar-refractivity contribution in [2.45, 2.75) is 19.9 Å². The molecular formula is C14H15N3OS2. The molecule has 20 heavy (non-hydrogen) atoms. The van der Waals surface area contributed by atoms with Crippen LogP contribution in [-0.4, -0.2) is 21.6 Å². The minimum absolute atomic E-state index is 0.719. The number of thiazole rings is 1. The Balaban J connectivity index is 1.95. The third-order valence-corrected chi connectivity index (χ3v) is 4.39. The highest BCUT2D eigenvalue weighted by Crippen LogP contribution is 2.24. The van der Waals surface area contributed by atoms with Crippen molar-refractivity contribution >= 4 is 34.6 Å². The molecule has 0 radical (unpaired) electrons. The van der Waals surface area contributed by atoms with Crippen molar-refractivity contribution in [1.29, 1.82) is 0 Å². The number of ether oxygens (including phenoxy) is 1. The second-order valence-electron chi connectivity index (χ2n) is 4.54. The van der Waals surface area contributed by atoms with E-state index in [0.717, 1.165) is 45.2 Å².